The van der Waals surface area contributed by atoms with Crippen molar-refractivity contribution >= 4 is 11.9 Å². The molecule has 1 aromatic carbocycles. The summed E-state index contributed by atoms with van der Waals surface area (Å²) in [6, 6.07) is 10.0. The maximum atomic E-state index is 12.7. The molecule has 2 aliphatic rings. The molecule has 3 amide bonds. The van der Waals surface area contributed by atoms with Crippen LogP contribution in [-0.4, -0.2) is 71.9 Å². The molecule has 1 N–H and O–H groups in total. The first-order chi connectivity index (χ1) is 15.0. The van der Waals surface area contributed by atoms with Crippen LogP contribution in [0.5, 0.6) is 0 Å². The smallest absolute Gasteiger partial charge is 0.317 e. The standard InChI is InChI=1S/C24H35N5O2/c1-3-21(4-2)23(30)28-11-9-22(10-12-28)26-24(31)29-15-13-27(14-16-29)18-20-7-5-19(17-25)6-8-20/h5-8,21-22H,3-4,9-16,18H2,1-2H3,(H,26,31). The summed E-state index contributed by atoms with van der Waals surface area (Å²) in [5.41, 5.74) is 1.86. The van der Waals surface area contributed by atoms with Crippen LogP contribution in [0.3, 0.4) is 0 Å². The van der Waals surface area contributed by atoms with Crippen molar-refractivity contribution in [3.63, 3.8) is 0 Å². The Kier molecular flexibility index (Phi) is 8.30. The van der Waals surface area contributed by atoms with Crippen molar-refractivity contribution in [1.82, 2.24) is 20.0 Å². The van der Waals surface area contributed by atoms with Crippen LogP contribution in [0.1, 0.15) is 50.7 Å². The van der Waals surface area contributed by atoms with E-state index in [-0.39, 0.29) is 23.9 Å². The third kappa shape index (κ3) is 6.20. The van der Waals surface area contributed by atoms with E-state index in [1.807, 2.05) is 34.1 Å². The highest BCUT2D eigenvalue weighted by Gasteiger charge is 2.29. The average molecular weight is 426 g/mol. The Hall–Kier alpha value is -2.59. The van der Waals surface area contributed by atoms with Crippen LogP contribution >= 0.6 is 0 Å². The highest BCUT2D eigenvalue weighted by Crippen LogP contribution is 2.18. The number of amides is 3. The lowest BCUT2D eigenvalue weighted by atomic mass is 9.98. The first kappa shape index (κ1) is 23.1. The number of carbonyl (C=O) groups excluding carboxylic acids is 2. The summed E-state index contributed by atoms with van der Waals surface area (Å²) in [6.07, 6.45) is 3.44. The number of urea groups is 1. The normalized spacial score (nSPS) is 18.1. The molecule has 0 unspecified atom stereocenters. The molecule has 2 fully saturated rings. The lowest BCUT2D eigenvalue weighted by molar-refractivity contribution is -0.136. The summed E-state index contributed by atoms with van der Waals surface area (Å²) < 4.78 is 0. The molecule has 0 radical (unpaired) electrons. The predicted molar refractivity (Wildman–Crippen MR) is 120 cm³/mol. The van der Waals surface area contributed by atoms with E-state index in [0.717, 1.165) is 58.4 Å². The first-order valence-electron chi connectivity index (χ1n) is 11.6. The van der Waals surface area contributed by atoms with E-state index in [9.17, 15) is 9.59 Å². The fourth-order valence-corrected chi connectivity index (χ4v) is 4.46. The maximum Gasteiger partial charge on any atom is 0.317 e. The molecule has 0 aromatic heterocycles. The zero-order valence-electron chi connectivity index (χ0n) is 18.8. The van der Waals surface area contributed by atoms with Gasteiger partial charge in [-0.25, -0.2) is 4.79 Å². The largest absolute Gasteiger partial charge is 0.342 e. The van der Waals surface area contributed by atoms with Gasteiger partial charge in [0.15, 0.2) is 0 Å². The van der Waals surface area contributed by atoms with Crippen LogP contribution < -0.4 is 5.32 Å². The van der Waals surface area contributed by atoms with Crippen molar-refractivity contribution in [2.75, 3.05) is 39.3 Å². The number of benzene rings is 1. The van der Waals surface area contributed by atoms with Gasteiger partial charge in [0.05, 0.1) is 11.6 Å². The van der Waals surface area contributed by atoms with Crippen molar-refractivity contribution in [3.8, 4) is 6.07 Å². The summed E-state index contributed by atoms with van der Waals surface area (Å²) in [5.74, 6) is 0.403. The van der Waals surface area contributed by atoms with E-state index in [0.29, 0.717) is 18.7 Å². The molecule has 0 atom stereocenters. The summed E-state index contributed by atoms with van der Waals surface area (Å²) in [5, 5.41) is 12.1. The molecule has 31 heavy (non-hydrogen) atoms. The van der Waals surface area contributed by atoms with E-state index >= 15 is 0 Å². The van der Waals surface area contributed by atoms with Gasteiger partial charge in [-0.3, -0.25) is 9.69 Å². The molecule has 3 rings (SSSR count). The maximum absolute atomic E-state index is 12.7. The molecule has 2 saturated heterocycles. The molecule has 0 saturated carbocycles. The van der Waals surface area contributed by atoms with Gasteiger partial charge in [-0.1, -0.05) is 26.0 Å². The molecule has 2 aliphatic heterocycles. The monoisotopic (exact) mass is 425 g/mol. The summed E-state index contributed by atoms with van der Waals surface area (Å²) in [4.78, 5) is 31.5. The van der Waals surface area contributed by atoms with Gasteiger partial charge in [0.25, 0.3) is 0 Å². The Balaban J connectivity index is 1.38. The van der Waals surface area contributed by atoms with Crippen LogP contribution in [0.4, 0.5) is 4.79 Å². The van der Waals surface area contributed by atoms with E-state index in [4.69, 9.17) is 5.26 Å². The molecular formula is C24H35N5O2. The van der Waals surface area contributed by atoms with E-state index in [1.165, 1.54) is 5.56 Å². The number of piperidine rings is 1. The van der Waals surface area contributed by atoms with Crippen molar-refractivity contribution in [3.05, 3.63) is 35.4 Å². The van der Waals surface area contributed by atoms with Crippen LogP contribution in [0.25, 0.3) is 0 Å². The molecule has 168 valence electrons. The second kappa shape index (κ2) is 11.1. The number of hydrogen-bond donors (Lipinski definition) is 1. The quantitative estimate of drug-likeness (QED) is 0.760. The Bertz CT molecular complexity index is 768. The number of carbonyl (C=O) groups is 2. The number of nitriles is 1. The zero-order chi connectivity index (χ0) is 22.2. The molecule has 0 aliphatic carbocycles. The Morgan fingerprint density at radius 2 is 1.61 bits per heavy atom. The zero-order valence-corrected chi connectivity index (χ0v) is 18.8. The number of hydrogen-bond acceptors (Lipinski definition) is 4. The van der Waals surface area contributed by atoms with Gasteiger partial charge in [0.1, 0.15) is 0 Å². The highest BCUT2D eigenvalue weighted by molar-refractivity contribution is 5.79. The summed E-state index contributed by atoms with van der Waals surface area (Å²) >= 11 is 0. The van der Waals surface area contributed by atoms with Crippen LogP contribution in [0, 0.1) is 17.2 Å². The summed E-state index contributed by atoms with van der Waals surface area (Å²) in [7, 11) is 0. The molecule has 7 nitrogen and oxygen atoms in total. The number of nitrogens with one attached hydrogen (secondary N) is 1. The molecule has 0 spiro atoms. The highest BCUT2D eigenvalue weighted by atomic mass is 16.2. The number of likely N-dealkylation sites (tertiary alicyclic amines) is 1. The Morgan fingerprint density at radius 1 is 1.00 bits per heavy atom. The molecule has 1 aromatic rings. The van der Waals surface area contributed by atoms with Gasteiger partial charge >= 0.3 is 6.03 Å². The van der Waals surface area contributed by atoms with Gasteiger partial charge in [-0.05, 0) is 43.4 Å². The second-order valence-electron chi connectivity index (χ2n) is 8.63. The third-order valence-electron chi connectivity index (χ3n) is 6.62. The number of rotatable bonds is 6. The van der Waals surface area contributed by atoms with Crippen molar-refractivity contribution in [2.45, 2.75) is 52.1 Å². The lowest BCUT2D eigenvalue weighted by Gasteiger charge is -2.37. The fourth-order valence-electron chi connectivity index (χ4n) is 4.46. The minimum absolute atomic E-state index is 0.0165. The van der Waals surface area contributed by atoms with E-state index < -0.39 is 0 Å². The van der Waals surface area contributed by atoms with Gasteiger partial charge in [0.2, 0.25) is 5.91 Å². The van der Waals surface area contributed by atoms with Crippen molar-refractivity contribution in [2.24, 2.45) is 5.92 Å². The minimum Gasteiger partial charge on any atom is -0.342 e. The predicted octanol–water partition coefficient (Wildman–Crippen LogP) is 2.81. The SMILES string of the molecule is CCC(CC)C(=O)N1CCC(NC(=O)N2CCN(Cc3ccc(C#N)cc3)CC2)CC1. The van der Waals surface area contributed by atoms with E-state index in [2.05, 4.69) is 30.1 Å². The first-order valence-corrected chi connectivity index (χ1v) is 11.6. The molecule has 7 heteroatoms. The lowest BCUT2D eigenvalue weighted by Crippen LogP contribution is -2.55. The third-order valence-corrected chi connectivity index (χ3v) is 6.62. The average Bonchev–Trinajstić information content (AvgIpc) is 2.81. The van der Waals surface area contributed by atoms with Crippen molar-refractivity contribution in [1.29, 1.82) is 5.26 Å². The number of nitrogens with zero attached hydrogens (tertiary/aromatic N) is 4. The van der Waals surface area contributed by atoms with Gasteiger partial charge in [-0.15, -0.1) is 0 Å². The minimum atomic E-state index is 0.0165. The Morgan fingerprint density at radius 3 is 2.16 bits per heavy atom. The topological polar surface area (TPSA) is 79.7 Å². The van der Waals surface area contributed by atoms with Crippen LogP contribution in [0.15, 0.2) is 24.3 Å². The number of piperazine rings is 1. The van der Waals surface area contributed by atoms with Crippen LogP contribution in [0.2, 0.25) is 0 Å². The fraction of sp³-hybridized carbons (Fsp3) is 0.625. The van der Waals surface area contributed by atoms with E-state index in [1.54, 1.807) is 0 Å². The molecular weight excluding hydrogens is 390 g/mol. The van der Waals surface area contributed by atoms with Crippen molar-refractivity contribution < 1.29 is 9.59 Å². The van der Waals surface area contributed by atoms with Gasteiger partial charge < -0.3 is 15.1 Å². The summed E-state index contributed by atoms with van der Waals surface area (Å²) in [6.45, 7) is 9.57. The van der Waals surface area contributed by atoms with Gasteiger partial charge in [-0.2, -0.15) is 5.26 Å². The van der Waals surface area contributed by atoms with Crippen LogP contribution in [-0.2, 0) is 11.3 Å². The van der Waals surface area contributed by atoms with Gasteiger partial charge in [0, 0.05) is 57.8 Å². The molecule has 2 heterocycles. The molecule has 0 bridgehead atoms. The second-order valence-corrected chi connectivity index (χ2v) is 8.63. The Labute approximate surface area is 186 Å².